The van der Waals surface area contributed by atoms with E-state index in [0.717, 1.165) is 50.4 Å². The fourth-order valence-electron chi connectivity index (χ4n) is 3.73. The molecule has 2 aromatic carbocycles. The van der Waals surface area contributed by atoms with Gasteiger partial charge in [0.25, 0.3) is 0 Å². The summed E-state index contributed by atoms with van der Waals surface area (Å²) < 4.78 is 11.8. The summed E-state index contributed by atoms with van der Waals surface area (Å²) in [5.41, 5.74) is 4.13. The van der Waals surface area contributed by atoms with Gasteiger partial charge in [-0.3, -0.25) is 0 Å². The van der Waals surface area contributed by atoms with Crippen molar-refractivity contribution in [1.29, 1.82) is 0 Å². The molecule has 0 bridgehead atoms. The van der Waals surface area contributed by atoms with Gasteiger partial charge in [-0.1, -0.05) is 45.0 Å². The van der Waals surface area contributed by atoms with Crippen LogP contribution in [0.4, 0.5) is 0 Å². The van der Waals surface area contributed by atoms with Gasteiger partial charge in [-0.15, -0.1) is 0 Å². The van der Waals surface area contributed by atoms with E-state index in [0.29, 0.717) is 11.8 Å². The van der Waals surface area contributed by atoms with E-state index in [1.165, 1.54) is 16.7 Å². The van der Waals surface area contributed by atoms with E-state index in [9.17, 15) is 0 Å². The van der Waals surface area contributed by atoms with Gasteiger partial charge >= 0.3 is 0 Å². The Kier molecular flexibility index (Phi) is 6.14. The quantitative estimate of drug-likeness (QED) is 0.602. The van der Waals surface area contributed by atoms with Gasteiger partial charge in [-0.25, -0.2) is 0 Å². The zero-order valence-electron chi connectivity index (χ0n) is 15.8. The van der Waals surface area contributed by atoms with Crippen LogP contribution in [0, 0.1) is 0 Å². The third kappa shape index (κ3) is 4.24. The smallest absolute Gasteiger partial charge is 0.130 e. The topological polar surface area (TPSA) is 18.5 Å². The number of hydrogen-bond acceptors (Lipinski definition) is 2. The van der Waals surface area contributed by atoms with E-state index in [-0.39, 0.29) is 0 Å². The Morgan fingerprint density at radius 2 is 1.84 bits per heavy atom. The Hall–Kier alpha value is -1.80. The molecule has 1 unspecified atom stereocenters. The highest BCUT2D eigenvalue weighted by Gasteiger charge is 2.17. The van der Waals surface area contributed by atoms with E-state index >= 15 is 0 Å². The van der Waals surface area contributed by atoms with Crippen molar-refractivity contribution in [2.24, 2.45) is 0 Å². The van der Waals surface area contributed by atoms with Crippen molar-refractivity contribution in [1.82, 2.24) is 0 Å². The van der Waals surface area contributed by atoms with Crippen LogP contribution in [-0.2, 0) is 11.2 Å². The molecule has 1 aliphatic heterocycles. The van der Waals surface area contributed by atoms with Gasteiger partial charge in [0, 0.05) is 13.2 Å². The number of hydrogen-bond donors (Lipinski definition) is 0. The van der Waals surface area contributed by atoms with Crippen molar-refractivity contribution in [2.75, 3.05) is 13.2 Å². The summed E-state index contributed by atoms with van der Waals surface area (Å²) in [6.45, 7) is 8.49. The largest absolute Gasteiger partial charge is 0.457 e. The lowest BCUT2D eigenvalue weighted by Crippen LogP contribution is -2.14. The summed E-state index contributed by atoms with van der Waals surface area (Å²) >= 11 is 0. The van der Waals surface area contributed by atoms with Crippen LogP contribution in [0.1, 0.15) is 68.6 Å². The van der Waals surface area contributed by atoms with E-state index < -0.39 is 0 Å². The van der Waals surface area contributed by atoms with Gasteiger partial charge < -0.3 is 9.47 Å². The maximum Gasteiger partial charge on any atom is 0.130 e. The predicted octanol–water partition coefficient (Wildman–Crippen LogP) is 6.45. The molecule has 2 aromatic rings. The van der Waals surface area contributed by atoms with Crippen molar-refractivity contribution < 1.29 is 9.47 Å². The predicted molar refractivity (Wildman–Crippen MR) is 104 cm³/mol. The summed E-state index contributed by atoms with van der Waals surface area (Å²) in [7, 11) is 0. The highest BCUT2D eigenvalue weighted by Crippen LogP contribution is 2.35. The van der Waals surface area contributed by atoms with Crippen molar-refractivity contribution in [3.8, 4) is 11.5 Å². The molecule has 1 atom stereocenters. The first kappa shape index (κ1) is 18.0. The third-order valence-corrected chi connectivity index (χ3v) is 5.44. The second kappa shape index (κ2) is 8.53. The molecule has 0 saturated carbocycles. The van der Waals surface area contributed by atoms with E-state index in [2.05, 4.69) is 63.2 Å². The minimum absolute atomic E-state index is 0.562. The molecule has 0 spiro atoms. The fraction of sp³-hybridized carbons (Fsp3) is 0.478. The molecule has 1 aliphatic rings. The van der Waals surface area contributed by atoms with Gasteiger partial charge in [-0.05, 0) is 72.4 Å². The highest BCUT2D eigenvalue weighted by molar-refractivity contribution is 5.45. The lowest BCUT2D eigenvalue weighted by Gasteiger charge is -2.23. The van der Waals surface area contributed by atoms with Crippen molar-refractivity contribution in [3.63, 3.8) is 0 Å². The molecule has 1 fully saturated rings. The first-order valence-electron chi connectivity index (χ1n) is 9.70. The second-order valence-electron chi connectivity index (χ2n) is 7.05. The molecule has 2 nitrogen and oxygen atoms in total. The van der Waals surface area contributed by atoms with Crippen LogP contribution in [0.25, 0.3) is 0 Å². The lowest BCUT2D eigenvalue weighted by atomic mass is 9.91. The SMILES string of the molecule is CCc1c(Oc2cccc(C3CCOCC3)c2)cccc1C(C)CC. The zero-order chi connectivity index (χ0) is 17.6. The van der Waals surface area contributed by atoms with Crippen molar-refractivity contribution in [2.45, 2.75) is 58.3 Å². The Balaban J connectivity index is 1.85. The third-order valence-electron chi connectivity index (χ3n) is 5.44. The van der Waals surface area contributed by atoms with Gasteiger partial charge in [0.15, 0.2) is 0 Å². The Labute approximate surface area is 152 Å². The van der Waals surface area contributed by atoms with Gasteiger partial charge in [-0.2, -0.15) is 0 Å². The first-order valence-corrected chi connectivity index (χ1v) is 9.70. The van der Waals surface area contributed by atoms with Crippen LogP contribution in [0.3, 0.4) is 0 Å². The molecule has 2 heteroatoms. The molecule has 0 aromatic heterocycles. The van der Waals surface area contributed by atoms with Crippen LogP contribution in [0.5, 0.6) is 11.5 Å². The van der Waals surface area contributed by atoms with E-state index in [4.69, 9.17) is 9.47 Å². The number of rotatable bonds is 6. The second-order valence-corrected chi connectivity index (χ2v) is 7.05. The molecule has 0 radical (unpaired) electrons. The molecule has 134 valence electrons. The Morgan fingerprint density at radius 3 is 2.56 bits per heavy atom. The van der Waals surface area contributed by atoms with Crippen LogP contribution >= 0.6 is 0 Å². The molecular formula is C23H30O2. The summed E-state index contributed by atoms with van der Waals surface area (Å²) in [5, 5.41) is 0. The molecule has 0 N–H and O–H groups in total. The molecule has 1 saturated heterocycles. The van der Waals surface area contributed by atoms with E-state index in [1.807, 2.05) is 0 Å². The first-order chi connectivity index (χ1) is 12.2. The maximum atomic E-state index is 6.34. The van der Waals surface area contributed by atoms with Crippen LogP contribution in [0.15, 0.2) is 42.5 Å². The molecule has 1 heterocycles. The minimum Gasteiger partial charge on any atom is -0.457 e. The summed E-state index contributed by atoms with van der Waals surface area (Å²) in [5.74, 6) is 3.10. The van der Waals surface area contributed by atoms with E-state index in [1.54, 1.807) is 0 Å². The summed E-state index contributed by atoms with van der Waals surface area (Å²) in [6.07, 6.45) is 4.35. The molecular weight excluding hydrogens is 308 g/mol. The van der Waals surface area contributed by atoms with Crippen molar-refractivity contribution >= 4 is 0 Å². The minimum atomic E-state index is 0.562. The normalized spacial score (nSPS) is 16.6. The van der Waals surface area contributed by atoms with Crippen LogP contribution < -0.4 is 4.74 Å². The van der Waals surface area contributed by atoms with Crippen LogP contribution in [0.2, 0.25) is 0 Å². The zero-order valence-corrected chi connectivity index (χ0v) is 15.8. The molecule has 25 heavy (non-hydrogen) atoms. The number of benzene rings is 2. The standard InChI is InChI=1S/C23H30O2/c1-4-17(3)22-10-7-11-23(21(22)5-2)25-20-9-6-8-19(16-20)18-12-14-24-15-13-18/h6-11,16-18H,4-5,12-15H2,1-3H3. The Morgan fingerprint density at radius 1 is 1.08 bits per heavy atom. The summed E-state index contributed by atoms with van der Waals surface area (Å²) in [6, 6.07) is 15.1. The van der Waals surface area contributed by atoms with Crippen LogP contribution in [-0.4, -0.2) is 13.2 Å². The monoisotopic (exact) mass is 338 g/mol. The average molecular weight is 338 g/mol. The maximum absolute atomic E-state index is 6.34. The highest BCUT2D eigenvalue weighted by atomic mass is 16.5. The van der Waals surface area contributed by atoms with Gasteiger partial charge in [0.05, 0.1) is 0 Å². The fourth-order valence-corrected chi connectivity index (χ4v) is 3.73. The lowest BCUT2D eigenvalue weighted by molar-refractivity contribution is 0.0853. The molecule has 0 aliphatic carbocycles. The average Bonchev–Trinajstić information content (AvgIpc) is 2.68. The van der Waals surface area contributed by atoms with Gasteiger partial charge in [0.1, 0.15) is 11.5 Å². The molecule has 3 rings (SSSR count). The summed E-state index contributed by atoms with van der Waals surface area (Å²) in [4.78, 5) is 0. The van der Waals surface area contributed by atoms with Crippen molar-refractivity contribution in [3.05, 3.63) is 59.2 Å². The molecule has 0 amide bonds. The van der Waals surface area contributed by atoms with Gasteiger partial charge in [0.2, 0.25) is 0 Å². The Bertz CT molecular complexity index is 686. The number of ether oxygens (including phenoxy) is 2.